The monoisotopic (exact) mass is 548 g/mol. The number of benzene rings is 5. The molecule has 0 fully saturated rings. The van der Waals surface area contributed by atoms with Crippen LogP contribution in [0, 0.1) is 34.6 Å². The van der Waals surface area contributed by atoms with Gasteiger partial charge in [-0.25, -0.2) is 0 Å². The second kappa shape index (κ2) is 11.2. The lowest BCUT2D eigenvalue weighted by Gasteiger charge is -2.28. The van der Waals surface area contributed by atoms with E-state index < -0.39 is 0 Å². The minimum absolute atomic E-state index is 0.133. The minimum Gasteiger partial charge on any atom is -0.141 e. The summed E-state index contributed by atoms with van der Waals surface area (Å²) in [5, 5.41) is 1.38. The second-order valence-corrected chi connectivity index (χ2v) is 12.6. The molecule has 41 heavy (non-hydrogen) atoms. The first-order chi connectivity index (χ1) is 19.9. The Morgan fingerprint density at radius 1 is 0.561 bits per heavy atom. The van der Waals surface area contributed by atoms with Gasteiger partial charge in [-0.05, 0) is 113 Å². The molecule has 0 atom stereocenters. The molecular formula is C39H37BS. The maximum atomic E-state index is 2.48. The first-order valence-corrected chi connectivity index (χ1v) is 15.5. The van der Waals surface area contributed by atoms with Crippen LogP contribution in [-0.2, 0) is 6.42 Å². The van der Waals surface area contributed by atoms with E-state index in [2.05, 4.69) is 145 Å². The maximum Gasteiger partial charge on any atom is 0.244 e. The number of thiophene rings is 1. The zero-order chi connectivity index (χ0) is 28.7. The van der Waals surface area contributed by atoms with Gasteiger partial charge in [0.2, 0.25) is 6.71 Å². The average molecular weight is 549 g/mol. The lowest BCUT2D eigenvalue weighted by molar-refractivity contribution is 1.15. The SMILES string of the molecule is CCc1c(-c2ccccc2C)cc(-c2ccccc2C)c(C)c1B(c1ccccc1C)c1c(C)sc2ccccc12. The zero-order valence-corrected chi connectivity index (χ0v) is 25.8. The molecule has 0 bridgehead atoms. The van der Waals surface area contributed by atoms with Crippen LogP contribution in [0.3, 0.4) is 0 Å². The van der Waals surface area contributed by atoms with Gasteiger partial charge in [0.25, 0.3) is 0 Å². The molecule has 0 N–H and O–H groups in total. The molecule has 2 heteroatoms. The van der Waals surface area contributed by atoms with Crippen LogP contribution < -0.4 is 16.4 Å². The Morgan fingerprint density at radius 3 is 1.76 bits per heavy atom. The maximum absolute atomic E-state index is 2.48. The van der Waals surface area contributed by atoms with Gasteiger partial charge in [0.1, 0.15) is 0 Å². The number of aryl methyl sites for hydroxylation is 4. The average Bonchev–Trinajstić information content (AvgIpc) is 3.31. The van der Waals surface area contributed by atoms with Crippen LogP contribution in [0.25, 0.3) is 32.3 Å². The molecule has 5 aromatic carbocycles. The zero-order valence-electron chi connectivity index (χ0n) is 25.0. The van der Waals surface area contributed by atoms with Gasteiger partial charge in [-0.3, -0.25) is 0 Å². The Labute approximate surface area is 249 Å². The molecule has 1 aromatic heterocycles. The molecule has 0 aliphatic rings. The third-order valence-corrected chi connectivity index (χ3v) is 9.97. The van der Waals surface area contributed by atoms with Crippen molar-refractivity contribution in [2.45, 2.75) is 48.0 Å². The number of hydrogen-bond acceptors (Lipinski definition) is 1. The van der Waals surface area contributed by atoms with Crippen molar-refractivity contribution in [3.63, 3.8) is 0 Å². The smallest absolute Gasteiger partial charge is 0.141 e. The molecule has 0 aliphatic carbocycles. The Balaban J connectivity index is 1.80. The standard InChI is InChI=1S/C39H37BS/c1-7-30-35(32-20-12-9-17-26(32)3)24-34(31-19-11-8-16-25(31)2)28(5)38(30)40(36-22-14-10-18-27(36)4)39-29(6)41-37-23-15-13-21-33(37)39/h8-24H,7H2,1-6H3. The van der Waals surface area contributed by atoms with Gasteiger partial charge in [0.15, 0.2) is 0 Å². The summed E-state index contributed by atoms with van der Waals surface area (Å²) in [6.07, 6.45) is 0.970. The molecule has 0 aliphatic heterocycles. The van der Waals surface area contributed by atoms with Crippen molar-refractivity contribution in [2.75, 3.05) is 0 Å². The summed E-state index contributed by atoms with van der Waals surface area (Å²) in [6.45, 7) is 13.9. The molecule has 0 radical (unpaired) electrons. The molecule has 0 unspecified atom stereocenters. The first-order valence-electron chi connectivity index (χ1n) is 14.7. The van der Waals surface area contributed by atoms with E-state index in [9.17, 15) is 0 Å². The summed E-state index contributed by atoms with van der Waals surface area (Å²) in [4.78, 5) is 1.40. The summed E-state index contributed by atoms with van der Waals surface area (Å²) in [5.41, 5.74) is 16.5. The van der Waals surface area contributed by atoms with Crippen LogP contribution in [0.1, 0.15) is 39.6 Å². The first kappa shape index (κ1) is 27.3. The fourth-order valence-electron chi connectivity index (χ4n) is 6.81. The van der Waals surface area contributed by atoms with E-state index in [4.69, 9.17) is 0 Å². The van der Waals surface area contributed by atoms with E-state index in [-0.39, 0.29) is 6.71 Å². The molecule has 0 spiro atoms. The van der Waals surface area contributed by atoms with Gasteiger partial charge in [0, 0.05) is 4.70 Å². The van der Waals surface area contributed by atoms with E-state index in [1.165, 1.54) is 81.4 Å². The largest absolute Gasteiger partial charge is 0.244 e. The Bertz CT molecular complexity index is 1890. The van der Waals surface area contributed by atoms with E-state index in [0.717, 1.165) is 6.42 Å². The van der Waals surface area contributed by atoms with E-state index in [1.807, 2.05) is 11.3 Å². The van der Waals surface area contributed by atoms with Crippen molar-refractivity contribution in [3.05, 3.63) is 136 Å². The van der Waals surface area contributed by atoms with Gasteiger partial charge in [-0.2, -0.15) is 0 Å². The fourth-order valence-corrected chi connectivity index (χ4v) is 7.91. The highest BCUT2D eigenvalue weighted by Crippen LogP contribution is 2.36. The summed E-state index contributed by atoms with van der Waals surface area (Å²) < 4.78 is 1.36. The second-order valence-electron chi connectivity index (χ2n) is 11.3. The topological polar surface area (TPSA) is 0 Å². The van der Waals surface area contributed by atoms with Crippen LogP contribution in [0.15, 0.2) is 103 Å². The van der Waals surface area contributed by atoms with Crippen molar-refractivity contribution in [3.8, 4) is 22.3 Å². The van der Waals surface area contributed by atoms with Gasteiger partial charge >= 0.3 is 0 Å². The van der Waals surface area contributed by atoms with Crippen molar-refractivity contribution in [1.29, 1.82) is 0 Å². The van der Waals surface area contributed by atoms with E-state index in [1.54, 1.807) is 0 Å². The minimum atomic E-state index is 0.133. The van der Waals surface area contributed by atoms with E-state index in [0.29, 0.717) is 0 Å². The van der Waals surface area contributed by atoms with E-state index >= 15 is 0 Å². The summed E-state index contributed by atoms with van der Waals surface area (Å²) in [6, 6.07) is 38.2. The molecule has 202 valence electrons. The summed E-state index contributed by atoms with van der Waals surface area (Å²) in [7, 11) is 0. The molecule has 6 aromatic rings. The van der Waals surface area contributed by atoms with Gasteiger partial charge in [0.05, 0.1) is 0 Å². The highest BCUT2D eigenvalue weighted by Gasteiger charge is 2.33. The van der Waals surface area contributed by atoms with Crippen molar-refractivity contribution >= 4 is 44.5 Å². The fraction of sp³-hybridized carbons (Fsp3) is 0.179. The van der Waals surface area contributed by atoms with Crippen LogP contribution in [0.5, 0.6) is 0 Å². The normalized spacial score (nSPS) is 11.3. The number of hydrogen-bond donors (Lipinski definition) is 0. The predicted octanol–water partition coefficient (Wildman–Crippen LogP) is 8.86. The molecule has 0 amide bonds. The van der Waals surface area contributed by atoms with Crippen LogP contribution in [-0.4, -0.2) is 6.71 Å². The van der Waals surface area contributed by atoms with Crippen LogP contribution in [0.2, 0.25) is 0 Å². The summed E-state index contributed by atoms with van der Waals surface area (Å²) in [5.74, 6) is 0. The molecule has 0 saturated carbocycles. The molecule has 0 nitrogen and oxygen atoms in total. The van der Waals surface area contributed by atoms with Crippen LogP contribution >= 0.6 is 11.3 Å². The molecule has 1 heterocycles. The Hall–Kier alpha value is -3.88. The Kier molecular flexibility index (Phi) is 7.45. The van der Waals surface area contributed by atoms with Crippen LogP contribution in [0.4, 0.5) is 0 Å². The molecule has 0 saturated heterocycles. The third-order valence-electron chi connectivity index (χ3n) is 8.87. The highest BCUT2D eigenvalue weighted by atomic mass is 32.1. The lowest BCUT2D eigenvalue weighted by Crippen LogP contribution is -2.55. The van der Waals surface area contributed by atoms with Gasteiger partial charge < -0.3 is 0 Å². The quantitative estimate of drug-likeness (QED) is 0.182. The van der Waals surface area contributed by atoms with Gasteiger partial charge in [-0.1, -0.05) is 114 Å². The predicted molar refractivity (Wildman–Crippen MR) is 183 cm³/mol. The summed E-state index contributed by atoms with van der Waals surface area (Å²) >= 11 is 1.93. The van der Waals surface area contributed by atoms with Crippen molar-refractivity contribution < 1.29 is 0 Å². The van der Waals surface area contributed by atoms with Gasteiger partial charge in [-0.15, -0.1) is 11.3 Å². The molecular weight excluding hydrogens is 511 g/mol. The highest BCUT2D eigenvalue weighted by molar-refractivity contribution is 7.22. The third kappa shape index (κ3) is 4.75. The Morgan fingerprint density at radius 2 is 1.12 bits per heavy atom. The molecule has 6 rings (SSSR count). The number of rotatable bonds is 6. The number of fused-ring (bicyclic) bond motifs is 1. The van der Waals surface area contributed by atoms with Crippen molar-refractivity contribution in [2.24, 2.45) is 0 Å². The lowest BCUT2D eigenvalue weighted by atomic mass is 9.34. The van der Waals surface area contributed by atoms with Crippen molar-refractivity contribution in [1.82, 2.24) is 0 Å².